The Morgan fingerprint density at radius 3 is 2.59 bits per heavy atom. The molecule has 0 aromatic rings. The molecule has 100 valence electrons. The lowest BCUT2D eigenvalue weighted by atomic mass is 9.95. The molecular weight excluding hydrogens is 286 g/mol. The Kier molecular flexibility index (Phi) is 4.47. The minimum Gasteiger partial charge on any atom is -0.444 e. The zero-order chi connectivity index (χ0) is 13.3. The lowest BCUT2D eigenvalue weighted by Gasteiger charge is -2.47. The second-order valence-electron chi connectivity index (χ2n) is 5.80. The Balaban J connectivity index is 2.78. The van der Waals surface area contributed by atoms with E-state index in [1.165, 1.54) is 0 Å². The monoisotopic (exact) mass is 307 g/mol. The fourth-order valence-electron chi connectivity index (χ4n) is 1.83. The van der Waals surface area contributed by atoms with Crippen LogP contribution in [-0.4, -0.2) is 46.7 Å². The van der Waals surface area contributed by atoms with Crippen molar-refractivity contribution in [2.24, 2.45) is 0 Å². The Morgan fingerprint density at radius 1 is 1.53 bits per heavy atom. The van der Waals surface area contributed by atoms with Crippen LogP contribution in [0.15, 0.2) is 0 Å². The highest BCUT2D eigenvalue weighted by Gasteiger charge is 2.43. The molecule has 0 saturated carbocycles. The average molecular weight is 308 g/mol. The number of hydrogen-bond donors (Lipinski definition) is 0. The first kappa shape index (κ1) is 14.8. The molecule has 0 aromatic carbocycles. The minimum absolute atomic E-state index is 0.0104. The van der Waals surface area contributed by atoms with E-state index in [0.717, 1.165) is 0 Å². The summed E-state index contributed by atoms with van der Waals surface area (Å²) in [7, 11) is 0. The topological polar surface area (TPSA) is 38.8 Å². The summed E-state index contributed by atoms with van der Waals surface area (Å²) < 4.78 is 11.1. The van der Waals surface area contributed by atoms with Crippen molar-refractivity contribution in [1.82, 2.24) is 4.90 Å². The molecule has 0 aliphatic carbocycles. The van der Waals surface area contributed by atoms with Crippen LogP contribution in [0.1, 0.15) is 34.6 Å². The lowest BCUT2D eigenvalue weighted by Crippen LogP contribution is -2.61. The number of amides is 1. The number of rotatable bonds is 1. The van der Waals surface area contributed by atoms with E-state index in [1.54, 1.807) is 4.90 Å². The summed E-state index contributed by atoms with van der Waals surface area (Å²) in [5, 5.41) is 0.708. The number of morpholine rings is 1. The number of nitrogens with zero attached hydrogens (tertiary/aromatic N) is 1. The molecule has 0 bridgehead atoms. The van der Waals surface area contributed by atoms with Gasteiger partial charge in [-0.15, -0.1) is 0 Å². The van der Waals surface area contributed by atoms with Gasteiger partial charge in [0.25, 0.3) is 0 Å². The zero-order valence-corrected chi connectivity index (χ0v) is 12.8. The minimum atomic E-state index is -0.463. The number of ether oxygens (including phenoxy) is 2. The Morgan fingerprint density at radius 2 is 2.12 bits per heavy atom. The molecule has 1 amide bonds. The van der Waals surface area contributed by atoms with Crippen molar-refractivity contribution in [3.05, 3.63) is 0 Å². The molecule has 1 unspecified atom stereocenters. The van der Waals surface area contributed by atoms with E-state index in [2.05, 4.69) is 15.9 Å². The third kappa shape index (κ3) is 3.58. The predicted molar refractivity (Wildman–Crippen MR) is 70.6 cm³/mol. The SMILES string of the molecule is CC(C)(C)OC(=O)N1CCOC(CBr)C1(C)C. The molecule has 5 heteroatoms. The van der Waals surface area contributed by atoms with Crippen molar-refractivity contribution >= 4 is 22.0 Å². The van der Waals surface area contributed by atoms with Crippen molar-refractivity contribution in [3.8, 4) is 0 Å². The molecule has 1 aliphatic heterocycles. The van der Waals surface area contributed by atoms with Gasteiger partial charge in [0, 0.05) is 11.9 Å². The smallest absolute Gasteiger partial charge is 0.410 e. The Hall–Kier alpha value is -0.290. The molecule has 0 aromatic heterocycles. The Bertz CT molecular complexity index is 286. The van der Waals surface area contributed by atoms with E-state index in [9.17, 15) is 4.79 Å². The summed E-state index contributed by atoms with van der Waals surface area (Å²) in [6.45, 7) is 10.8. The fraction of sp³-hybridized carbons (Fsp3) is 0.917. The third-order valence-corrected chi connectivity index (χ3v) is 3.46. The van der Waals surface area contributed by atoms with Gasteiger partial charge in [-0.25, -0.2) is 4.79 Å². The standard InChI is InChI=1S/C12H22BrNO3/c1-11(2,3)17-10(15)14-6-7-16-9(8-13)12(14,4)5/h9H,6-8H2,1-5H3. The first-order valence-electron chi connectivity index (χ1n) is 5.86. The van der Waals surface area contributed by atoms with Crippen molar-refractivity contribution in [2.45, 2.75) is 51.9 Å². The molecule has 4 nitrogen and oxygen atoms in total. The van der Waals surface area contributed by atoms with E-state index in [-0.39, 0.29) is 17.7 Å². The zero-order valence-electron chi connectivity index (χ0n) is 11.2. The van der Waals surface area contributed by atoms with E-state index >= 15 is 0 Å². The van der Waals surface area contributed by atoms with Gasteiger partial charge in [-0.05, 0) is 34.6 Å². The van der Waals surface area contributed by atoms with Crippen molar-refractivity contribution in [2.75, 3.05) is 18.5 Å². The van der Waals surface area contributed by atoms with Crippen LogP contribution >= 0.6 is 15.9 Å². The summed E-state index contributed by atoms with van der Waals surface area (Å²) in [6.07, 6.45) is -0.277. The highest BCUT2D eigenvalue weighted by Crippen LogP contribution is 2.28. The molecule has 1 aliphatic rings. The molecule has 1 rings (SSSR count). The van der Waals surface area contributed by atoms with Crippen LogP contribution in [0, 0.1) is 0 Å². The van der Waals surface area contributed by atoms with Gasteiger partial charge >= 0.3 is 6.09 Å². The van der Waals surface area contributed by atoms with E-state index in [0.29, 0.717) is 18.5 Å². The van der Waals surface area contributed by atoms with E-state index < -0.39 is 5.60 Å². The van der Waals surface area contributed by atoms with Crippen LogP contribution in [-0.2, 0) is 9.47 Å². The highest BCUT2D eigenvalue weighted by molar-refractivity contribution is 9.09. The number of carbonyl (C=O) groups excluding carboxylic acids is 1. The van der Waals surface area contributed by atoms with E-state index in [1.807, 2.05) is 34.6 Å². The molecule has 1 saturated heterocycles. The van der Waals surface area contributed by atoms with Gasteiger partial charge in [-0.1, -0.05) is 15.9 Å². The van der Waals surface area contributed by atoms with Gasteiger partial charge in [-0.3, -0.25) is 4.90 Å². The lowest BCUT2D eigenvalue weighted by molar-refractivity contribution is -0.100. The first-order chi connectivity index (χ1) is 7.68. The maximum Gasteiger partial charge on any atom is 0.410 e. The quantitative estimate of drug-likeness (QED) is 0.699. The average Bonchev–Trinajstić information content (AvgIpc) is 2.13. The van der Waals surface area contributed by atoms with Gasteiger partial charge in [0.05, 0.1) is 18.2 Å². The summed E-state index contributed by atoms with van der Waals surface area (Å²) >= 11 is 3.42. The molecule has 0 spiro atoms. The fourth-order valence-corrected chi connectivity index (χ4v) is 2.81. The molecule has 17 heavy (non-hydrogen) atoms. The van der Waals surface area contributed by atoms with Gasteiger partial charge in [0.2, 0.25) is 0 Å². The molecule has 1 heterocycles. The molecule has 1 fully saturated rings. The molecular formula is C12H22BrNO3. The van der Waals surface area contributed by atoms with Gasteiger partial charge in [0.1, 0.15) is 5.60 Å². The second kappa shape index (κ2) is 5.14. The third-order valence-electron chi connectivity index (χ3n) is 2.87. The van der Waals surface area contributed by atoms with Crippen molar-refractivity contribution in [1.29, 1.82) is 0 Å². The summed E-state index contributed by atoms with van der Waals surface area (Å²) in [6, 6.07) is 0. The largest absolute Gasteiger partial charge is 0.444 e. The first-order valence-corrected chi connectivity index (χ1v) is 6.99. The van der Waals surface area contributed by atoms with Crippen LogP contribution in [0.4, 0.5) is 4.79 Å². The van der Waals surface area contributed by atoms with Crippen LogP contribution in [0.3, 0.4) is 0 Å². The molecule has 1 atom stereocenters. The van der Waals surface area contributed by atoms with Crippen molar-refractivity contribution < 1.29 is 14.3 Å². The van der Waals surface area contributed by atoms with Gasteiger partial charge in [0.15, 0.2) is 0 Å². The number of hydrogen-bond acceptors (Lipinski definition) is 3. The van der Waals surface area contributed by atoms with Crippen LogP contribution in [0.5, 0.6) is 0 Å². The predicted octanol–water partition coefficient (Wildman–Crippen LogP) is 2.80. The number of carbonyl (C=O) groups is 1. The van der Waals surface area contributed by atoms with Crippen LogP contribution < -0.4 is 0 Å². The van der Waals surface area contributed by atoms with Crippen LogP contribution in [0.2, 0.25) is 0 Å². The number of halogens is 1. The van der Waals surface area contributed by atoms with Crippen LogP contribution in [0.25, 0.3) is 0 Å². The normalized spacial score (nSPS) is 24.6. The number of alkyl halides is 1. The highest BCUT2D eigenvalue weighted by atomic mass is 79.9. The summed E-state index contributed by atoms with van der Waals surface area (Å²) in [4.78, 5) is 13.9. The van der Waals surface area contributed by atoms with Gasteiger partial charge in [-0.2, -0.15) is 0 Å². The molecule has 0 N–H and O–H groups in total. The molecule has 0 radical (unpaired) electrons. The second-order valence-corrected chi connectivity index (χ2v) is 6.45. The Labute approximate surface area is 112 Å². The summed E-state index contributed by atoms with van der Waals surface area (Å²) in [5.41, 5.74) is -0.820. The van der Waals surface area contributed by atoms with Crippen molar-refractivity contribution in [3.63, 3.8) is 0 Å². The van der Waals surface area contributed by atoms with E-state index in [4.69, 9.17) is 9.47 Å². The summed E-state index contributed by atoms with van der Waals surface area (Å²) in [5.74, 6) is 0. The van der Waals surface area contributed by atoms with Gasteiger partial charge < -0.3 is 9.47 Å². The maximum atomic E-state index is 12.1. The maximum absolute atomic E-state index is 12.1.